The van der Waals surface area contributed by atoms with Gasteiger partial charge in [0.15, 0.2) is 18.1 Å². The first-order chi connectivity index (χ1) is 12.9. The Bertz CT molecular complexity index is 702. The van der Waals surface area contributed by atoms with E-state index in [1.54, 1.807) is 18.2 Å². The van der Waals surface area contributed by atoms with Gasteiger partial charge in [-0.2, -0.15) is 0 Å². The van der Waals surface area contributed by atoms with E-state index >= 15 is 0 Å². The number of carboxylic acids is 1. The fraction of sp³-hybridized carbons (Fsp3) is 0.467. The van der Waals surface area contributed by atoms with Crippen LogP contribution in [-0.2, 0) is 14.4 Å². The zero-order valence-electron chi connectivity index (χ0n) is 14.4. The van der Waals surface area contributed by atoms with Crippen LogP contribution in [0, 0.1) is 10.1 Å². The molecular weight excluding hydrogens is 382 g/mol. The van der Waals surface area contributed by atoms with Crippen molar-refractivity contribution in [2.24, 2.45) is 0 Å². The van der Waals surface area contributed by atoms with Gasteiger partial charge in [0.25, 0.3) is 11.0 Å². The monoisotopic (exact) mass is 401 g/mol. The summed E-state index contributed by atoms with van der Waals surface area (Å²) in [5.74, 6) is -0.160. The van der Waals surface area contributed by atoms with Gasteiger partial charge >= 0.3 is 5.97 Å². The quantitative estimate of drug-likeness (QED) is 0.282. The van der Waals surface area contributed by atoms with E-state index < -0.39 is 23.0 Å². The standard InChI is InChI=1S/C15H19N3O8S/c1-24-12-6-9(14-17-10(8-27-14)15(20)21)2-3-11(12)25-7-13(19)16-4-5-26-18(22)23/h2-3,6,10,14,17H,4-5,7-8H2,1H3,(H,16,19)(H,20,21). The van der Waals surface area contributed by atoms with Gasteiger partial charge in [0.2, 0.25) is 0 Å². The molecule has 2 unspecified atom stereocenters. The van der Waals surface area contributed by atoms with Crippen LogP contribution in [0.5, 0.6) is 11.5 Å². The molecule has 11 nitrogen and oxygen atoms in total. The summed E-state index contributed by atoms with van der Waals surface area (Å²) in [5.41, 5.74) is 0.828. The second kappa shape index (κ2) is 9.83. The van der Waals surface area contributed by atoms with Crippen molar-refractivity contribution in [3.05, 3.63) is 33.9 Å². The van der Waals surface area contributed by atoms with Gasteiger partial charge in [-0.3, -0.25) is 14.9 Å². The molecule has 148 valence electrons. The summed E-state index contributed by atoms with van der Waals surface area (Å²) in [4.78, 5) is 36.8. The molecule has 1 amide bonds. The molecule has 2 rings (SSSR count). The number of carbonyl (C=O) groups excluding carboxylic acids is 1. The molecule has 0 aliphatic carbocycles. The van der Waals surface area contributed by atoms with Gasteiger partial charge in [0, 0.05) is 12.3 Å². The van der Waals surface area contributed by atoms with Crippen LogP contribution in [-0.4, -0.2) is 60.7 Å². The fourth-order valence-electron chi connectivity index (χ4n) is 2.28. The van der Waals surface area contributed by atoms with E-state index in [2.05, 4.69) is 15.5 Å². The molecule has 3 N–H and O–H groups in total. The second-order valence-corrected chi connectivity index (χ2v) is 6.51. The Hall–Kier alpha value is -2.73. The largest absolute Gasteiger partial charge is 0.493 e. The number of benzene rings is 1. The molecule has 0 saturated carbocycles. The molecule has 1 heterocycles. The Morgan fingerprint density at radius 3 is 2.85 bits per heavy atom. The van der Waals surface area contributed by atoms with Gasteiger partial charge in [-0.15, -0.1) is 21.9 Å². The maximum atomic E-state index is 11.7. The molecule has 1 aliphatic heterocycles. The molecule has 12 heteroatoms. The van der Waals surface area contributed by atoms with Gasteiger partial charge in [0.1, 0.15) is 12.6 Å². The van der Waals surface area contributed by atoms with Crippen LogP contribution in [0.15, 0.2) is 18.2 Å². The summed E-state index contributed by atoms with van der Waals surface area (Å²) in [6.07, 6.45) is 0. The highest BCUT2D eigenvalue weighted by molar-refractivity contribution is 7.99. The normalized spacial score (nSPS) is 18.6. The molecule has 0 aromatic heterocycles. The van der Waals surface area contributed by atoms with Gasteiger partial charge in [-0.05, 0) is 17.7 Å². The van der Waals surface area contributed by atoms with Crippen LogP contribution in [0.25, 0.3) is 0 Å². The van der Waals surface area contributed by atoms with Crippen LogP contribution in [0.1, 0.15) is 10.9 Å². The molecule has 27 heavy (non-hydrogen) atoms. The number of nitrogens with zero attached hydrogens (tertiary/aromatic N) is 1. The molecule has 0 radical (unpaired) electrons. The minimum absolute atomic E-state index is 0.0193. The summed E-state index contributed by atoms with van der Waals surface area (Å²) >= 11 is 1.48. The number of hydrogen-bond donors (Lipinski definition) is 3. The number of nitrogens with one attached hydrogen (secondary N) is 2. The third kappa shape index (κ3) is 6.18. The Morgan fingerprint density at radius 2 is 2.22 bits per heavy atom. The average molecular weight is 401 g/mol. The number of ether oxygens (including phenoxy) is 2. The summed E-state index contributed by atoms with van der Waals surface area (Å²) in [6, 6.07) is 4.50. The summed E-state index contributed by atoms with van der Waals surface area (Å²) in [5, 5.41) is 23.3. The van der Waals surface area contributed by atoms with E-state index in [1.807, 2.05) is 0 Å². The van der Waals surface area contributed by atoms with Crippen molar-refractivity contribution < 1.29 is 34.1 Å². The topological polar surface area (TPSA) is 149 Å². The number of carbonyl (C=O) groups is 2. The predicted molar refractivity (Wildman–Crippen MR) is 94.2 cm³/mol. The Kier molecular flexibility index (Phi) is 7.49. The van der Waals surface area contributed by atoms with E-state index in [-0.39, 0.29) is 25.1 Å². The molecule has 2 atom stereocenters. The summed E-state index contributed by atoms with van der Waals surface area (Å²) in [7, 11) is 1.45. The predicted octanol–water partition coefficient (Wildman–Crippen LogP) is 0.187. The molecule has 0 bridgehead atoms. The molecule has 1 saturated heterocycles. The molecule has 1 aromatic rings. The molecule has 0 spiro atoms. The summed E-state index contributed by atoms with van der Waals surface area (Å²) in [6.45, 7) is -0.569. The number of carboxylic acid groups (broad SMARTS) is 1. The van der Waals surface area contributed by atoms with Crippen molar-refractivity contribution in [3.63, 3.8) is 0 Å². The second-order valence-electron chi connectivity index (χ2n) is 5.38. The number of hydrogen-bond acceptors (Lipinski definition) is 9. The highest BCUT2D eigenvalue weighted by atomic mass is 32.2. The van der Waals surface area contributed by atoms with Crippen LogP contribution in [0.3, 0.4) is 0 Å². The lowest BCUT2D eigenvalue weighted by Gasteiger charge is -2.15. The van der Waals surface area contributed by atoms with Crippen LogP contribution in [0.2, 0.25) is 0 Å². The first kappa shape index (κ1) is 20.6. The summed E-state index contributed by atoms with van der Waals surface area (Å²) < 4.78 is 10.7. The lowest BCUT2D eigenvalue weighted by molar-refractivity contribution is -0.757. The Balaban J connectivity index is 1.88. The molecule has 1 fully saturated rings. The Labute approximate surface area is 158 Å². The molecule has 1 aromatic carbocycles. The smallest absolute Gasteiger partial charge is 0.321 e. The van der Waals surface area contributed by atoms with Crippen molar-refractivity contribution in [2.75, 3.05) is 32.6 Å². The zero-order valence-corrected chi connectivity index (χ0v) is 15.2. The SMILES string of the molecule is COc1cc(C2NC(C(=O)O)CS2)ccc1OCC(=O)NCCO[N+](=O)[O-]. The van der Waals surface area contributed by atoms with Crippen molar-refractivity contribution >= 4 is 23.6 Å². The van der Waals surface area contributed by atoms with Crippen molar-refractivity contribution in [1.82, 2.24) is 10.6 Å². The third-order valence-corrected chi connectivity index (χ3v) is 4.82. The van der Waals surface area contributed by atoms with Crippen molar-refractivity contribution in [1.29, 1.82) is 0 Å². The van der Waals surface area contributed by atoms with Gasteiger partial charge < -0.3 is 24.7 Å². The first-order valence-corrected chi connectivity index (χ1v) is 8.90. The van der Waals surface area contributed by atoms with E-state index in [0.717, 1.165) is 5.56 Å². The number of methoxy groups -OCH3 is 1. The van der Waals surface area contributed by atoms with E-state index in [0.29, 0.717) is 17.3 Å². The number of aliphatic carboxylic acids is 1. The highest BCUT2D eigenvalue weighted by Crippen LogP contribution is 2.37. The lowest BCUT2D eigenvalue weighted by atomic mass is 10.2. The van der Waals surface area contributed by atoms with Gasteiger partial charge in [0.05, 0.1) is 12.5 Å². The van der Waals surface area contributed by atoms with Gasteiger partial charge in [-0.1, -0.05) is 6.07 Å². The van der Waals surface area contributed by atoms with Crippen LogP contribution >= 0.6 is 11.8 Å². The van der Waals surface area contributed by atoms with E-state index in [9.17, 15) is 19.7 Å². The first-order valence-electron chi connectivity index (χ1n) is 7.86. The minimum Gasteiger partial charge on any atom is -0.493 e. The van der Waals surface area contributed by atoms with Crippen molar-refractivity contribution in [2.45, 2.75) is 11.4 Å². The average Bonchev–Trinajstić information content (AvgIpc) is 3.13. The minimum atomic E-state index is -0.939. The lowest BCUT2D eigenvalue weighted by Crippen LogP contribution is -2.33. The van der Waals surface area contributed by atoms with Crippen LogP contribution in [0.4, 0.5) is 0 Å². The Morgan fingerprint density at radius 1 is 1.44 bits per heavy atom. The molecular formula is C15H19N3O8S. The van der Waals surface area contributed by atoms with E-state index in [1.165, 1.54) is 18.9 Å². The van der Waals surface area contributed by atoms with E-state index in [4.69, 9.17) is 14.6 Å². The zero-order chi connectivity index (χ0) is 19.8. The van der Waals surface area contributed by atoms with Crippen LogP contribution < -0.4 is 20.1 Å². The third-order valence-electron chi connectivity index (χ3n) is 3.55. The number of amides is 1. The maximum absolute atomic E-state index is 11.7. The van der Waals surface area contributed by atoms with Gasteiger partial charge in [-0.25, -0.2) is 0 Å². The number of rotatable bonds is 10. The fourth-order valence-corrected chi connectivity index (χ4v) is 3.50. The highest BCUT2D eigenvalue weighted by Gasteiger charge is 2.30. The van der Waals surface area contributed by atoms with Crippen molar-refractivity contribution in [3.8, 4) is 11.5 Å². The maximum Gasteiger partial charge on any atom is 0.321 e. The molecule has 1 aliphatic rings. The number of thioether (sulfide) groups is 1.